The molecule has 1 aliphatic rings. The van der Waals surface area contributed by atoms with Crippen LogP contribution in [0.5, 0.6) is 0 Å². The van der Waals surface area contributed by atoms with E-state index in [1.165, 1.54) is 0 Å². The minimum atomic E-state index is 0. The summed E-state index contributed by atoms with van der Waals surface area (Å²) in [5.41, 5.74) is 6.85. The Morgan fingerprint density at radius 2 is 2.14 bits per heavy atom. The molecule has 2 aromatic rings. The Kier molecular flexibility index (Phi) is 5.48. The summed E-state index contributed by atoms with van der Waals surface area (Å²) in [5, 5.41) is 1.08. The van der Waals surface area contributed by atoms with Gasteiger partial charge in [-0.2, -0.15) is 0 Å². The van der Waals surface area contributed by atoms with Crippen molar-refractivity contribution in [1.82, 2.24) is 4.90 Å². The number of carbonyl (C=O) groups is 1. The van der Waals surface area contributed by atoms with Crippen LogP contribution in [0.3, 0.4) is 0 Å². The van der Waals surface area contributed by atoms with Gasteiger partial charge in [0.25, 0.3) is 0 Å². The van der Waals surface area contributed by atoms with Gasteiger partial charge in [-0.15, -0.1) is 12.4 Å². The Labute approximate surface area is 137 Å². The molecule has 0 spiro atoms. The van der Waals surface area contributed by atoms with Gasteiger partial charge in [-0.05, 0) is 31.4 Å². The first-order valence-corrected chi connectivity index (χ1v) is 7.61. The van der Waals surface area contributed by atoms with E-state index in [0.717, 1.165) is 42.4 Å². The van der Waals surface area contributed by atoms with E-state index in [0.29, 0.717) is 6.54 Å². The number of nitrogens with zero attached hydrogens (tertiary/aromatic N) is 1. The van der Waals surface area contributed by atoms with E-state index in [2.05, 4.69) is 0 Å². The number of furan rings is 1. The lowest BCUT2D eigenvalue weighted by atomic mass is 9.85. The van der Waals surface area contributed by atoms with Crippen molar-refractivity contribution in [2.45, 2.75) is 38.3 Å². The van der Waals surface area contributed by atoms with E-state index >= 15 is 0 Å². The van der Waals surface area contributed by atoms with Crippen LogP contribution in [0.15, 0.2) is 34.7 Å². The number of para-hydroxylation sites is 1. The van der Waals surface area contributed by atoms with Gasteiger partial charge in [0.05, 0.1) is 6.54 Å². The Bertz CT molecular complexity index is 607. The van der Waals surface area contributed by atoms with Gasteiger partial charge in [0, 0.05) is 24.4 Å². The highest BCUT2D eigenvalue weighted by atomic mass is 35.5. The number of halogens is 1. The summed E-state index contributed by atoms with van der Waals surface area (Å²) >= 11 is 0. The van der Waals surface area contributed by atoms with Crippen molar-refractivity contribution in [3.05, 3.63) is 36.1 Å². The highest BCUT2D eigenvalue weighted by Gasteiger charge is 2.27. The number of fused-ring (bicyclic) bond motifs is 1. The molecule has 0 saturated heterocycles. The van der Waals surface area contributed by atoms with Crippen LogP contribution in [0.4, 0.5) is 0 Å². The zero-order chi connectivity index (χ0) is 14.8. The number of hydrogen-bond acceptors (Lipinski definition) is 3. The van der Waals surface area contributed by atoms with Gasteiger partial charge in [-0.3, -0.25) is 4.79 Å². The molecule has 0 radical (unpaired) electrons. The fourth-order valence-electron chi connectivity index (χ4n) is 3.19. The Morgan fingerprint density at radius 3 is 2.86 bits per heavy atom. The topological polar surface area (TPSA) is 59.5 Å². The van der Waals surface area contributed by atoms with E-state index < -0.39 is 0 Å². The normalized spacial score (nSPS) is 21.4. The lowest BCUT2D eigenvalue weighted by Crippen LogP contribution is -2.38. The maximum atomic E-state index is 12.5. The first-order valence-electron chi connectivity index (χ1n) is 7.61. The van der Waals surface area contributed by atoms with Crippen LogP contribution in [0.2, 0.25) is 0 Å². The van der Waals surface area contributed by atoms with Crippen LogP contribution < -0.4 is 5.73 Å². The molecule has 1 saturated carbocycles. The third-order valence-corrected chi connectivity index (χ3v) is 4.31. The number of hydrogen-bond donors (Lipinski definition) is 1. The molecule has 2 atom stereocenters. The molecule has 1 aliphatic carbocycles. The average Bonchev–Trinajstić information content (AvgIpc) is 2.88. The zero-order valence-corrected chi connectivity index (χ0v) is 13.6. The van der Waals surface area contributed by atoms with Gasteiger partial charge < -0.3 is 15.1 Å². The lowest BCUT2D eigenvalue weighted by molar-refractivity contribution is -0.136. The van der Waals surface area contributed by atoms with E-state index in [4.69, 9.17) is 10.2 Å². The van der Waals surface area contributed by atoms with Gasteiger partial charge in [0.1, 0.15) is 11.3 Å². The summed E-state index contributed by atoms with van der Waals surface area (Å²) in [6.07, 6.45) is 3.85. The molecular weight excluding hydrogens is 300 g/mol. The van der Waals surface area contributed by atoms with Gasteiger partial charge in [-0.1, -0.05) is 24.6 Å². The molecule has 5 heteroatoms. The first kappa shape index (κ1) is 16.8. The van der Waals surface area contributed by atoms with Crippen LogP contribution in [0.25, 0.3) is 11.0 Å². The van der Waals surface area contributed by atoms with Crippen molar-refractivity contribution >= 4 is 29.3 Å². The minimum absolute atomic E-state index is 0. The molecule has 0 bridgehead atoms. The number of nitrogens with two attached hydrogens (primary N) is 1. The molecule has 3 rings (SSSR count). The second kappa shape index (κ2) is 7.16. The second-order valence-corrected chi connectivity index (χ2v) is 6.07. The highest BCUT2D eigenvalue weighted by Crippen LogP contribution is 2.26. The zero-order valence-electron chi connectivity index (χ0n) is 12.8. The molecule has 2 unspecified atom stereocenters. The average molecular weight is 323 g/mol. The largest absolute Gasteiger partial charge is 0.459 e. The Morgan fingerprint density at radius 1 is 1.36 bits per heavy atom. The minimum Gasteiger partial charge on any atom is -0.459 e. The summed E-state index contributed by atoms with van der Waals surface area (Å²) < 4.78 is 5.78. The third-order valence-electron chi connectivity index (χ3n) is 4.31. The highest BCUT2D eigenvalue weighted by molar-refractivity contribution is 5.85. The number of amides is 1. The second-order valence-electron chi connectivity index (χ2n) is 6.07. The molecule has 120 valence electrons. The fraction of sp³-hybridized carbons (Fsp3) is 0.471. The standard InChI is InChI=1S/C17H22N2O2.ClH/c1-19(17(20)13-6-4-7-14(18)9-13)11-15-10-12-5-2-3-8-16(12)21-15;/h2-3,5,8,10,13-14H,4,6-7,9,11,18H2,1H3;1H. The van der Waals surface area contributed by atoms with Crippen LogP contribution in [0, 0.1) is 5.92 Å². The van der Waals surface area contributed by atoms with Crippen molar-refractivity contribution in [2.75, 3.05) is 7.05 Å². The quantitative estimate of drug-likeness (QED) is 0.943. The molecule has 0 aliphatic heterocycles. The van der Waals surface area contributed by atoms with Crippen LogP contribution in [-0.4, -0.2) is 23.9 Å². The Hall–Kier alpha value is -1.52. The number of carbonyl (C=O) groups excluding carboxylic acids is 1. The van der Waals surface area contributed by atoms with Gasteiger partial charge in [-0.25, -0.2) is 0 Å². The van der Waals surface area contributed by atoms with Gasteiger partial charge >= 0.3 is 0 Å². The van der Waals surface area contributed by atoms with E-state index in [9.17, 15) is 4.79 Å². The van der Waals surface area contributed by atoms with Crippen molar-refractivity contribution < 1.29 is 9.21 Å². The van der Waals surface area contributed by atoms with Crippen LogP contribution in [-0.2, 0) is 11.3 Å². The summed E-state index contributed by atoms with van der Waals surface area (Å²) in [5.74, 6) is 1.08. The maximum absolute atomic E-state index is 12.5. The van der Waals surface area contributed by atoms with Gasteiger partial charge in [0.15, 0.2) is 0 Å². The summed E-state index contributed by atoms with van der Waals surface area (Å²) in [6.45, 7) is 0.513. The molecular formula is C17H23ClN2O2. The first-order chi connectivity index (χ1) is 10.1. The molecule has 1 fully saturated rings. The molecule has 4 nitrogen and oxygen atoms in total. The lowest BCUT2D eigenvalue weighted by Gasteiger charge is -2.29. The van der Waals surface area contributed by atoms with Crippen molar-refractivity contribution in [1.29, 1.82) is 0 Å². The summed E-state index contributed by atoms with van der Waals surface area (Å²) in [6, 6.07) is 10.1. The summed E-state index contributed by atoms with van der Waals surface area (Å²) in [4.78, 5) is 14.3. The van der Waals surface area contributed by atoms with Crippen molar-refractivity contribution in [3.63, 3.8) is 0 Å². The van der Waals surface area contributed by atoms with Gasteiger partial charge in [0.2, 0.25) is 5.91 Å². The molecule has 1 aromatic heterocycles. The summed E-state index contributed by atoms with van der Waals surface area (Å²) in [7, 11) is 1.84. The number of benzene rings is 1. The van der Waals surface area contributed by atoms with Crippen LogP contribution >= 0.6 is 12.4 Å². The van der Waals surface area contributed by atoms with E-state index in [1.807, 2.05) is 37.4 Å². The number of rotatable bonds is 3. The van der Waals surface area contributed by atoms with E-state index in [-0.39, 0.29) is 30.3 Å². The third kappa shape index (κ3) is 3.62. The molecule has 2 N–H and O–H groups in total. The van der Waals surface area contributed by atoms with E-state index in [1.54, 1.807) is 4.90 Å². The van der Waals surface area contributed by atoms with Crippen molar-refractivity contribution in [2.24, 2.45) is 11.7 Å². The SMILES string of the molecule is CN(Cc1cc2ccccc2o1)C(=O)C1CCCC(N)C1.Cl. The predicted octanol–water partition coefficient (Wildman–Crippen LogP) is 3.33. The maximum Gasteiger partial charge on any atom is 0.225 e. The Balaban J connectivity index is 0.00000176. The fourth-order valence-corrected chi connectivity index (χ4v) is 3.19. The van der Waals surface area contributed by atoms with Crippen LogP contribution in [0.1, 0.15) is 31.4 Å². The molecule has 1 amide bonds. The van der Waals surface area contributed by atoms with Crippen molar-refractivity contribution in [3.8, 4) is 0 Å². The predicted molar refractivity (Wildman–Crippen MR) is 89.9 cm³/mol. The monoisotopic (exact) mass is 322 g/mol. The molecule has 1 heterocycles. The molecule has 1 aromatic carbocycles. The smallest absolute Gasteiger partial charge is 0.225 e. The molecule has 22 heavy (non-hydrogen) atoms.